The highest BCUT2D eigenvalue weighted by Crippen LogP contribution is 2.29. The number of hydrogen-bond acceptors (Lipinski definition) is 3. The summed E-state index contributed by atoms with van der Waals surface area (Å²) in [6.07, 6.45) is 3.43. The monoisotopic (exact) mass is 348 g/mol. The molecular weight excluding hydrogens is 319 g/mol. The van der Waals surface area contributed by atoms with Crippen molar-refractivity contribution in [3.63, 3.8) is 0 Å². The van der Waals surface area contributed by atoms with E-state index in [1.54, 1.807) is 12.1 Å². The number of likely N-dealkylation sites (tertiary alicyclic amines) is 1. The number of hydrogen-bond donors (Lipinski definition) is 1. The van der Waals surface area contributed by atoms with E-state index in [4.69, 9.17) is 4.74 Å². The number of nitrogens with zero attached hydrogens (tertiary/aromatic N) is 1. The van der Waals surface area contributed by atoms with Crippen LogP contribution in [0, 0.1) is 17.7 Å². The summed E-state index contributed by atoms with van der Waals surface area (Å²) in [6, 6.07) is 4.61. The first-order chi connectivity index (χ1) is 12.0. The molecule has 2 saturated heterocycles. The summed E-state index contributed by atoms with van der Waals surface area (Å²) in [5.74, 6) is 1.18. The van der Waals surface area contributed by atoms with Gasteiger partial charge in [-0.2, -0.15) is 0 Å². The number of benzene rings is 1. The number of piperidine rings is 1. The Morgan fingerprint density at radius 3 is 2.68 bits per heavy atom. The van der Waals surface area contributed by atoms with E-state index in [0.717, 1.165) is 50.9 Å². The van der Waals surface area contributed by atoms with E-state index < -0.39 is 0 Å². The van der Waals surface area contributed by atoms with Gasteiger partial charge in [0, 0.05) is 24.2 Å². The van der Waals surface area contributed by atoms with Crippen molar-refractivity contribution in [1.29, 1.82) is 0 Å². The maximum Gasteiger partial charge on any atom is 0.253 e. The largest absolute Gasteiger partial charge is 0.374 e. The molecular formula is C20H29FN2O2. The Bertz CT molecular complexity index is 591. The molecule has 2 fully saturated rings. The van der Waals surface area contributed by atoms with Crippen molar-refractivity contribution in [2.45, 2.75) is 45.8 Å². The second kappa shape index (κ2) is 8.28. The van der Waals surface area contributed by atoms with Gasteiger partial charge in [-0.15, -0.1) is 0 Å². The normalized spacial score (nSPS) is 21.9. The third-order valence-corrected chi connectivity index (χ3v) is 5.46. The predicted molar refractivity (Wildman–Crippen MR) is 95.9 cm³/mol. The first-order valence-electron chi connectivity index (χ1n) is 9.44. The van der Waals surface area contributed by atoms with Crippen LogP contribution in [0.3, 0.4) is 0 Å². The van der Waals surface area contributed by atoms with Crippen molar-refractivity contribution in [2.75, 3.05) is 26.2 Å². The number of carbonyl (C=O) groups excluding carboxylic acids is 1. The standard InChI is InChI=1S/C20H29FN2O2/c1-14(2)25-13-18-11-16(3-4-19(18)21)20(24)23-9-6-15(7-10-23)17-5-8-22-12-17/h3-4,11,14-15,17,22H,5-10,12-13H2,1-2H3. The second-order valence-electron chi connectivity index (χ2n) is 7.55. The maximum absolute atomic E-state index is 13.9. The van der Waals surface area contributed by atoms with Crippen LogP contribution in [0.1, 0.15) is 49.0 Å². The van der Waals surface area contributed by atoms with Gasteiger partial charge in [0.1, 0.15) is 5.82 Å². The van der Waals surface area contributed by atoms with E-state index in [1.165, 1.54) is 12.5 Å². The van der Waals surface area contributed by atoms with E-state index in [2.05, 4.69) is 5.32 Å². The molecule has 1 N–H and O–H groups in total. The van der Waals surface area contributed by atoms with Crippen molar-refractivity contribution in [3.05, 3.63) is 35.1 Å². The molecule has 1 aromatic rings. The summed E-state index contributed by atoms with van der Waals surface area (Å²) >= 11 is 0. The number of nitrogens with one attached hydrogen (secondary N) is 1. The van der Waals surface area contributed by atoms with Crippen LogP contribution in [-0.2, 0) is 11.3 Å². The molecule has 4 nitrogen and oxygen atoms in total. The van der Waals surface area contributed by atoms with Crippen LogP contribution in [0.25, 0.3) is 0 Å². The molecule has 138 valence electrons. The van der Waals surface area contributed by atoms with Crippen molar-refractivity contribution in [2.24, 2.45) is 11.8 Å². The fraction of sp³-hybridized carbons (Fsp3) is 0.650. The second-order valence-corrected chi connectivity index (χ2v) is 7.55. The summed E-state index contributed by atoms with van der Waals surface area (Å²) in [6.45, 7) is 7.87. The Labute approximate surface area is 149 Å². The van der Waals surface area contributed by atoms with Crippen LogP contribution < -0.4 is 5.32 Å². The molecule has 0 spiro atoms. The highest BCUT2D eigenvalue weighted by Gasteiger charge is 2.30. The minimum atomic E-state index is -0.315. The molecule has 2 aliphatic heterocycles. The first-order valence-corrected chi connectivity index (χ1v) is 9.44. The van der Waals surface area contributed by atoms with Crippen LogP contribution in [0.15, 0.2) is 18.2 Å². The van der Waals surface area contributed by atoms with E-state index in [1.807, 2.05) is 18.7 Å². The minimum absolute atomic E-state index is 0.00814. The molecule has 1 unspecified atom stereocenters. The smallest absolute Gasteiger partial charge is 0.253 e. The quantitative estimate of drug-likeness (QED) is 0.888. The highest BCUT2D eigenvalue weighted by molar-refractivity contribution is 5.94. The van der Waals surface area contributed by atoms with Crippen LogP contribution in [-0.4, -0.2) is 43.1 Å². The molecule has 3 rings (SSSR count). The molecule has 2 heterocycles. The summed E-state index contributed by atoms with van der Waals surface area (Å²) < 4.78 is 19.4. The maximum atomic E-state index is 13.9. The molecule has 1 amide bonds. The molecule has 0 bridgehead atoms. The molecule has 2 aliphatic rings. The van der Waals surface area contributed by atoms with Gasteiger partial charge in [0.2, 0.25) is 0 Å². The van der Waals surface area contributed by atoms with Gasteiger partial charge in [-0.25, -0.2) is 4.39 Å². The molecule has 1 atom stereocenters. The molecule has 1 aromatic carbocycles. The lowest BCUT2D eigenvalue weighted by atomic mass is 9.83. The Morgan fingerprint density at radius 1 is 1.28 bits per heavy atom. The lowest BCUT2D eigenvalue weighted by Crippen LogP contribution is -2.40. The van der Waals surface area contributed by atoms with Crippen LogP contribution in [0.4, 0.5) is 4.39 Å². The zero-order valence-corrected chi connectivity index (χ0v) is 15.3. The topological polar surface area (TPSA) is 41.6 Å². The van der Waals surface area contributed by atoms with Gasteiger partial charge in [-0.05, 0) is 76.2 Å². The molecule has 0 aliphatic carbocycles. The van der Waals surface area contributed by atoms with E-state index in [0.29, 0.717) is 11.1 Å². The van der Waals surface area contributed by atoms with Gasteiger partial charge in [-0.3, -0.25) is 4.79 Å². The van der Waals surface area contributed by atoms with Gasteiger partial charge in [-0.1, -0.05) is 0 Å². The molecule has 0 saturated carbocycles. The first kappa shape index (κ1) is 18.3. The average molecular weight is 348 g/mol. The molecule has 5 heteroatoms. The summed E-state index contributed by atoms with van der Waals surface area (Å²) in [5.41, 5.74) is 1.01. The van der Waals surface area contributed by atoms with Crippen LogP contribution in [0.2, 0.25) is 0 Å². The van der Waals surface area contributed by atoms with Crippen molar-refractivity contribution in [1.82, 2.24) is 10.2 Å². The third-order valence-electron chi connectivity index (χ3n) is 5.46. The zero-order valence-electron chi connectivity index (χ0n) is 15.3. The summed E-state index contributed by atoms with van der Waals surface area (Å²) in [4.78, 5) is 14.7. The number of rotatable bonds is 5. The Morgan fingerprint density at radius 2 is 2.04 bits per heavy atom. The number of amides is 1. The van der Waals surface area contributed by atoms with Crippen molar-refractivity contribution >= 4 is 5.91 Å². The Kier molecular flexibility index (Phi) is 6.07. The number of ether oxygens (including phenoxy) is 1. The zero-order chi connectivity index (χ0) is 17.8. The fourth-order valence-electron chi connectivity index (χ4n) is 3.91. The van der Waals surface area contributed by atoms with Crippen molar-refractivity contribution < 1.29 is 13.9 Å². The molecule has 25 heavy (non-hydrogen) atoms. The van der Waals surface area contributed by atoms with Gasteiger partial charge in [0.15, 0.2) is 0 Å². The van der Waals surface area contributed by atoms with Crippen LogP contribution >= 0.6 is 0 Å². The van der Waals surface area contributed by atoms with Gasteiger partial charge in [0.05, 0.1) is 12.7 Å². The summed E-state index contributed by atoms with van der Waals surface area (Å²) in [7, 11) is 0. The highest BCUT2D eigenvalue weighted by atomic mass is 19.1. The Balaban J connectivity index is 1.60. The predicted octanol–water partition coefficient (Wildman–Crippen LogP) is 3.21. The average Bonchev–Trinajstić information content (AvgIpc) is 3.15. The van der Waals surface area contributed by atoms with Gasteiger partial charge in [0.25, 0.3) is 5.91 Å². The van der Waals surface area contributed by atoms with E-state index >= 15 is 0 Å². The fourth-order valence-corrected chi connectivity index (χ4v) is 3.91. The number of carbonyl (C=O) groups is 1. The minimum Gasteiger partial charge on any atom is -0.374 e. The van der Waals surface area contributed by atoms with E-state index in [9.17, 15) is 9.18 Å². The summed E-state index contributed by atoms with van der Waals surface area (Å²) in [5, 5.41) is 3.43. The molecule has 0 aromatic heterocycles. The third kappa shape index (κ3) is 4.59. The Hall–Kier alpha value is -1.46. The van der Waals surface area contributed by atoms with Crippen LogP contribution in [0.5, 0.6) is 0 Å². The lowest BCUT2D eigenvalue weighted by molar-refractivity contribution is 0.0632. The molecule has 0 radical (unpaired) electrons. The van der Waals surface area contributed by atoms with E-state index in [-0.39, 0.29) is 24.4 Å². The van der Waals surface area contributed by atoms with Gasteiger partial charge >= 0.3 is 0 Å². The SMILES string of the molecule is CC(C)OCc1cc(C(=O)N2CCC(C3CCNC3)CC2)ccc1F. The number of halogens is 1. The lowest BCUT2D eigenvalue weighted by Gasteiger charge is -2.34. The van der Waals surface area contributed by atoms with Crippen molar-refractivity contribution in [3.8, 4) is 0 Å². The van der Waals surface area contributed by atoms with Gasteiger partial charge < -0.3 is 15.0 Å².